The first kappa shape index (κ1) is 12.8. The van der Waals surface area contributed by atoms with Crippen molar-refractivity contribution in [3.63, 3.8) is 0 Å². The van der Waals surface area contributed by atoms with Gasteiger partial charge in [-0.15, -0.1) is 0 Å². The molecule has 0 aliphatic rings. The van der Waals surface area contributed by atoms with E-state index in [1.807, 2.05) is 37.3 Å². The summed E-state index contributed by atoms with van der Waals surface area (Å²) in [4.78, 5) is 11.3. The Balaban J connectivity index is 2.58. The minimum atomic E-state index is -0.890. The summed E-state index contributed by atoms with van der Waals surface area (Å²) in [6, 6.07) is 13.3. The summed E-state index contributed by atoms with van der Waals surface area (Å²) in [6.45, 7) is 1.93. The van der Waals surface area contributed by atoms with Crippen molar-refractivity contribution in [2.24, 2.45) is 0 Å². The number of benzene rings is 2. The van der Waals surface area contributed by atoms with E-state index < -0.39 is 5.97 Å². The Bertz CT molecular complexity index is 574. The number of carboxylic acids is 1. The molecule has 2 aromatic carbocycles. The lowest BCUT2D eigenvalue weighted by atomic mass is 9.94. The lowest BCUT2D eigenvalue weighted by molar-refractivity contribution is 0.0697. The number of halogens is 1. The highest BCUT2D eigenvalue weighted by molar-refractivity contribution is 9.08. The maximum atomic E-state index is 11.3. The molecule has 0 radical (unpaired) electrons. The summed E-state index contributed by atoms with van der Waals surface area (Å²) < 4.78 is 0. The van der Waals surface area contributed by atoms with Gasteiger partial charge in [0.2, 0.25) is 0 Å². The molecule has 0 aliphatic heterocycles. The molecule has 0 aromatic heterocycles. The Morgan fingerprint density at radius 3 is 2.39 bits per heavy atom. The van der Waals surface area contributed by atoms with Crippen LogP contribution in [0.4, 0.5) is 0 Å². The number of aromatic carboxylic acids is 1. The number of alkyl halides is 1. The van der Waals surface area contributed by atoms with E-state index in [-0.39, 0.29) is 0 Å². The third-order valence-corrected chi connectivity index (χ3v) is 3.55. The SMILES string of the molecule is Cc1cccc(C(=O)O)c1-c1ccc(CBr)cc1. The van der Waals surface area contributed by atoms with Crippen LogP contribution in [0.2, 0.25) is 0 Å². The molecule has 0 saturated carbocycles. The van der Waals surface area contributed by atoms with Crippen molar-refractivity contribution < 1.29 is 9.90 Å². The average Bonchev–Trinajstić information content (AvgIpc) is 2.38. The summed E-state index contributed by atoms with van der Waals surface area (Å²) in [5.41, 5.74) is 4.23. The van der Waals surface area contributed by atoms with Gasteiger partial charge in [-0.25, -0.2) is 4.79 Å². The summed E-state index contributed by atoms with van der Waals surface area (Å²) >= 11 is 3.40. The largest absolute Gasteiger partial charge is 0.478 e. The molecule has 0 spiro atoms. The molecule has 0 amide bonds. The second-order valence-corrected chi connectivity index (χ2v) is 4.69. The van der Waals surface area contributed by atoms with Crippen molar-refractivity contribution >= 4 is 21.9 Å². The molecule has 0 unspecified atom stereocenters. The number of hydrogen-bond donors (Lipinski definition) is 1. The van der Waals surface area contributed by atoms with Gasteiger partial charge in [-0.05, 0) is 35.2 Å². The minimum absolute atomic E-state index is 0.349. The van der Waals surface area contributed by atoms with E-state index in [4.69, 9.17) is 0 Å². The Labute approximate surface area is 114 Å². The van der Waals surface area contributed by atoms with E-state index in [9.17, 15) is 9.90 Å². The van der Waals surface area contributed by atoms with Gasteiger partial charge in [-0.2, -0.15) is 0 Å². The van der Waals surface area contributed by atoms with Gasteiger partial charge in [-0.1, -0.05) is 52.3 Å². The van der Waals surface area contributed by atoms with Crippen LogP contribution in [0, 0.1) is 6.92 Å². The van der Waals surface area contributed by atoms with Gasteiger partial charge in [0.05, 0.1) is 5.56 Å². The standard InChI is InChI=1S/C15H13BrO2/c1-10-3-2-4-13(15(17)18)14(10)12-7-5-11(9-16)6-8-12/h2-8H,9H2,1H3,(H,17,18). The number of carboxylic acid groups (broad SMARTS) is 1. The fourth-order valence-electron chi connectivity index (χ4n) is 1.99. The number of hydrogen-bond acceptors (Lipinski definition) is 1. The topological polar surface area (TPSA) is 37.3 Å². The highest BCUT2D eigenvalue weighted by atomic mass is 79.9. The molecule has 0 heterocycles. The van der Waals surface area contributed by atoms with Crippen LogP contribution in [0.3, 0.4) is 0 Å². The van der Waals surface area contributed by atoms with Gasteiger partial charge in [0.1, 0.15) is 0 Å². The molecule has 3 heteroatoms. The van der Waals surface area contributed by atoms with Crippen molar-refractivity contribution in [1.82, 2.24) is 0 Å². The number of carbonyl (C=O) groups is 1. The van der Waals surface area contributed by atoms with Crippen LogP contribution >= 0.6 is 15.9 Å². The van der Waals surface area contributed by atoms with Crippen molar-refractivity contribution in [3.05, 3.63) is 59.2 Å². The summed E-state index contributed by atoms with van der Waals surface area (Å²) in [5, 5.41) is 10.0. The van der Waals surface area contributed by atoms with Crippen LogP contribution in [-0.2, 0) is 5.33 Å². The third kappa shape index (κ3) is 2.46. The first-order valence-electron chi connectivity index (χ1n) is 5.61. The molecule has 0 aliphatic carbocycles. The fraction of sp³-hybridized carbons (Fsp3) is 0.133. The van der Waals surface area contributed by atoms with Crippen LogP contribution in [0.5, 0.6) is 0 Å². The first-order valence-corrected chi connectivity index (χ1v) is 6.74. The molecule has 2 rings (SSSR count). The zero-order valence-electron chi connectivity index (χ0n) is 9.98. The second-order valence-electron chi connectivity index (χ2n) is 4.13. The zero-order valence-corrected chi connectivity index (χ0v) is 11.6. The van der Waals surface area contributed by atoms with Crippen LogP contribution in [-0.4, -0.2) is 11.1 Å². The smallest absolute Gasteiger partial charge is 0.336 e. The number of rotatable bonds is 3. The molecule has 92 valence electrons. The fourth-order valence-corrected chi connectivity index (χ4v) is 2.36. The van der Waals surface area contributed by atoms with Gasteiger partial charge in [-0.3, -0.25) is 0 Å². The van der Waals surface area contributed by atoms with Gasteiger partial charge in [0.15, 0.2) is 0 Å². The summed E-state index contributed by atoms with van der Waals surface area (Å²) in [7, 11) is 0. The van der Waals surface area contributed by atoms with E-state index in [1.54, 1.807) is 12.1 Å². The quantitative estimate of drug-likeness (QED) is 0.861. The Morgan fingerprint density at radius 1 is 1.17 bits per heavy atom. The highest BCUT2D eigenvalue weighted by Crippen LogP contribution is 2.28. The predicted octanol–water partition coefficient (Wildman–Crippen LogP) is 4.26. The van der Waals surface area contributed by atoms with Gasteiger partial charge in [0.25, 0.3) is 0 Å². The van der Waals surface area contributed by atoms with Gasteiger partial charge >= 0.3 is 5.97 Å². The van der Waals surface area contributed by atoms with Crippen LogP contribution in [0.25, 0.3) is 11.1 Å². The average molecular weight is 305 g/mol. The third-order valence-electron chi connectivity index (χ3n) is 2.90. The summed E-state index contributed by atoms with van der Waals surface area (Å²) in [6.07, 6.45) is 0. The molecule has 18 heavy (non-hydrogen) atoms. The molecular weight excluding hydrogens is 292 g/mol. The van der Waals surface area contributed by atoms with E-state index in [0.717, 1.165) is 22.0 Å². The van der Waals surface area contributed by atoms with E-state index in [0.29, 0.717) is 5.56 Å². The van der Waals surface area contributed by atoms with E-state index in [2.05, 4.69) is 15.9 Å². The second kappa shape index (κ2) is 5.36. The minimum Gasteiger partial charge on any atom is -0.478 e. The van der Waals surface area contributed by atoms with Crippen LogP contribution < -0.4 is 0 Å². The monoisotopic (exact) mass is 304 g/mol. The molecule has 1 N–H and O–H groups in total. The van der Waals surface area contributed by atoms with Crippen molar-refractivity contribution in [2.75, 3.05) is 0 Å². The molecule has 0 bridgehead atoms. The number of aryl methyl sites for hydroxylation is 1. The van der Waals surface area contributed by atoms with Crippen LogP contribution in [0.15, 0.2) is 42.5 Å². The maximum Gasteiger partial charge on any atom is 0.336 e. The van der Waals surface area contributed by atoms with E-state index in [1.165, 1.54) is 5.56 Å². The Kier molecular flexibility index (Phi) is 3.82. The van der Waals surface area contributed by atoms with Gasteiger partial charge in [0, 0.05) is 5.33 Å². The Hall–Kier alpha value is -1.61. The summed E-state index contributed by atoms with van der Waals surface area (Å²) in [5.74, 6) is -0.890. The molecule has 2 aromatic rings. The van der Waals surface area contributed by atoms with Crippen molar-refractivity contribution in [1.29, 1.82) is 0 Å². The highest BCUT2D eigenvalue weighted by Gasteiger charge is 2.13. The first-order chi connectivity index (χ1) is 8.63. The van der Waals surface area contributed by atoms with E-state index >= 15 is 0 Å². The molecule has 2 nitrogen and oxygen atoms in total. The normalized spacial score (nSPS) is 10.3. The molecule has 0 saturated heterocycles. The van der Waals surface area contributed by atoms with Crippen molar-refractivity contribution in [3.8, 4) is 11.1 Å². The molecule has 0 atom stereocenters. The predicted molar refractivity (Wildman–Crippen MR) is 76.2 cm³/mol. The zero-order chi connectivity index (χ0) is 13.1. The van der Waals surface area contributed by atoms with Crippen molar-refractivity contribution in [2.45, 2.75) is 12.3 Å². The lowest BCUT2D eigenvalue weighted by Crippen LogP contribution is -2.01. The molecular formula is C15H13BrO2. The van der Waals surface area contributed by atoms with Gasteiger partial charge < -0.3 is 5.11 Å². The Morgan fingerprint density at radius 2 is 1.83 bits per heavy atom. The van der Waals surface area contributed by atoms with Crippen LogP contribution in [0.1, 0.15) is 21.5 Å². The molecule has 0 fully saturated rings. The maximum absolute atomic E-state index is 11.3. The lowest BCUT2D eigenvalue weighted by Gasteiger charge is -2.10.